The Hall–Kier alpha value is -3.04. The number of non-ortho nitro benzene ring substituents is 1. The smallest absolute Gasteiger partial charge is 0.327 e. The standard InChI is InChI=1S/C19H14N2O5S2/c22-17-16(11-13-6-8-14(9-7-13)21(25)26)28-19(27)20(17)15(18(23)24)10-12-4-2-1-3-5-12/h1-9,11,15H,10H2,(H,23,24)/b16-11-/t15-/m1/s1. The molecule has 142 valence electrons. The molecule has 28 heavy (non-hydrogen) atoms. The maximum atomic E-state index is 12.8. The van der Waals surface area contributed by atoms with Crippen LogP contribution in [0.25, 0.3) is 6.08 Å². The van der Waals surface area contributed by atoms with Crippen LogP contribution in [-0.2, 0) is 16.0 Å². The van der Waals surface area contributed by atoms with E-state index in [2.05, 4.69) is 0 Å². The van der Waals surface area contributed by atoms with Gasteiger partial charge in [0.15, 0.2) is 0 Å². The van der Waals surface area contributed by atoms with Gasteiger partial charge >= 0.3 is 5.97 Å². The summed E-state index contributed by atoms with van der Waals surface area (Å²) in [7, 11) is 0. The summed E-state index contributed by atoms with van der Waals surface area (Å²) in [5, 5.41) is 20.4. The SMILES string of the molecule is O=C(O)[C@@H](Cc1ccccc1)N1C(=O)/C(=C/c2ccc([N+](=O)[O-])cc2)SC1=S. The molecule has 0 saturated carbocycles. The Balaban J connectivity index is 1.85. The van der Waals surface area contributed by atoms with E-state index in [4.69, 9.17) is 12.2 Å². The van der Waals surface area contributed by atoms with Crippen LogP contribution in [0.15, 0.2) is 59.5 Å². The third-order valence-corrected chi connectivity index (χ3v) is 5.42. The number of hydrogen-bond acceptors (Lipinski definition) is 6. The predicted molar refractivity (Wildman–Crippen MR) is 110 cm³/mol. The van der Waals surface area contributed by atoms with E-state index in [0.29, 0.717) is 5.56 Å². The molecule has 0 aliphatic carbocycles. The molecule has 3 rings (SSSR count). The normalized spacial score (nSPS) is 16.4. The van der Waals surface area contributed by atoms with Crippen molar-refractivity contribution in [2.75, 3.05) is 0 Å². The van der Waals surface area contributed by atoms with Gasteiger partial charge in [0.2, 0.25) is 0 Å². The third kappa shape index (κ3) is 4.26. The van der Waals surface area contributed by atoms with Gasteiger partial charge in [-0.1, -0.05) is 54.3 Å². The van der Waals surface area contributed by atoms with Crippen LogP contribution < -0.4 is 0 Å². The van der Waals surface area contributed by atoms with Gasteiger partial charge in [0.05, 0.1) is 9.83 Å². The summed E-state index contributed by atoms with van der Waals surface area (Å²) in [4.78, 5) is 36.2. The van der Waals surface area contributed by atoms with Gasteiger partial charge in [-0.15, -0.1) is 0 Å². The number of amides is 1. The van der Waals surface area contributed by atoms with Crippen LogP contribution in [0.3, 0.4) is 0 Å². The molecule has 1 N–H and O–H groups in total. The summed E-state index contributed by atoms with van der Waals surface area (Å²) in [6, 6.07) is 13.6. The molecule has 2 aromatic carbocycles. The molecule has 0 unspecified atom stereocenters. The molecule has 0 aromatic heterocycles. The average molecular weight is 414 g/mol. The lowest BCUT2D eigenvalue weighted by Gasteiger charge is -2.23. The van der Waals surface area contributed by atoms with Crippen molar-refractivity contribution >= 4 is 51.9 Å². The van der Waals surface area contributed by atoms with Gasteiger partial charge in [-0.3, -0.25) is 19.8 Å². The first kappa shape index (κ1) is 19.7. The van der Waals surface area contributed by atoms with E-state index in [-0.39, 0.29) is 21.3 Å². The number of benzene rings is 2. The van der Waals surface area contributed by atoms with E-state index in [1.54, 1.807) is 30.3 Å². The Kier molecular flexibility index (Phi) is 5.86. The number of aliphatic carboxylic acids is 1. The van der Waals surface area contributed by atoms with E-state index in [0.717, 1.165) is 22.2 Å². The van der Waals surface area contributed by atoms with Crippen molar-refractivity contribution < 1.29 is 19.6 Å². The number of nitrogens with zero attached hydrogens (tertiary/aromatic N) is 2. The number of carbonyl (C=O) groups excluding carboxylic acids is 1. The summed E-state index contributed by atoms with van der Waals surface area (Å²) < 4.78 is 0.168. The maximum Gasteiger partial charge on any atom is 0.327 e. The molecule has 1 saturated heterocycles. The molecule has 1 heterocycles. The topological polar surface area (TPSA) is 101 Å². The minimum atomic E-state index is -1.14. The van der Waals surface area contributed by atoms with Crippen molar-refractivity contribution in [3.8, 4) is 0 Å². The maximum absolute atomic E-state index is 12.8. The zero-order valence-electron chi connectivity index (χ0n) is 14.3. The Bertz CT molecular complexity index is 974. The second kappa shape index (κ2) is 8.32. The Morgan fingerprint density at radius 3 is 2.43 bits per heavy atom. The highest BCUT2D eigenvalue weighted by atomic mass is 32.2. The molecular weight excluding hydrogens is 400 g/mol. The molecule has 9 heteroatoms. The number of carboxylic acids is 1. The second-order valence-corrected chi connectivity index (χ2v) is 7.62. The van der Waals surface area contributed by atoms with E-state index < -0.39 is 22.8 Å². The van der Waals surface area contributed by atoms with Crippen LogP contribution in [0, 0.1) is 10.1 Å². The quantitative estimate of drug-likeness (QED) is 0.334. The summed E-state index contributed by atoms with van der Waals surface area (Å²) >= 11 is 6.27. The second-order valence-electron chi connectivity index (χ2n) is 5.94. The molecule has 1 fully saturated rings. The highest BCUT2D eigenvalue weighted by molar-refractivity contribution is 8.26. The van der Waals surface area contributed by atoms with Crippen molar-refractivity contribution in [2.24, 2.45) is 0 Å². The summed E-state index contributed by atoms with van der Waals surface area (Å²) in [5.74, 6) is -1.63. The lowest BCUT2D eigenvalue weighted by Crippen LogP contribution is -2.45. The first-order valence-corrected chi connectivity index (χ1v) is 9.37. The van der Waals surface area contributed by atoms with Gasteiger partial charge in [-0.05, 0) is 29.3 Å². The molecule has 2 aromatic rings. The van der Waals surface area contributed by atoms with Crippen molar-refractivity contribution in [2.45, 2.75) is 12.5 Å². The zero-order valence-corrected chi connectivity index (χ0v) is 16.0. The monoisotopic (exact) mass is 414 g/mol. The zero-order chi connectivity index (χ0) is 20.3. The van der Waals surface area contributed by atoms with Gasteiger partial charge in [-0.25, -0.2) is 4.79 Å². The van der Waals surface area contributed by atoms with Crippen molar-refractivity contribution in [1.29, 1.82) is 0 Å². The average Bonchev–Trinajstić information content (AvgIpc) is 2.94. The Morgan fingerprint density at radius 2 is 1.86 bits per heavy atom. The van der Waals surface area contributed by atoms with Gasteiger partial charge in [-0.2, -0.15) is 0 Å². The van der Waals surface area contributed by atoms with Gasteiger partial charge < -0.3 is 5.11 Å². The van der Waals surface area contributed by atoms with Crippen LogP contribution in [0.4, 0.5) is 5.69 Å². The number of carbonyl (C=O) groups is 2. The molecule has 7 nitrogen and oxygen atoms in total. The number of nitro benzene ring substituents is 1. The summed E-state index contributed by atoms with van der Waals surface area (Å²) in [6.07, 6.45) is 1.68. The van der Waals surface area contributed by atoms with Crippen molar-refractivity contribution in [3.05, 3.63) is 80.7 Å². The molecular formula is C19H14N2O5S2. The van der Waals surface area contributed by atoms with Crippen LogP contribution in [-0.4, -0.2) is 37.2 Å². The molecule has 0 spiro atoms. The molecule has 0 radical (unpaired) electrons. The number of thiocarbonyl (C=S) groups is 1. The van der Waals surface area contributed by atoms with E-state index in [1.165, 1.54) is 24.3 Å². The summed E-state index contributed by atoms with van der Waals surface area (Å²) in [5.41, 5.74) is 1.31. The fourth-order valence-corrected chi connectivity index (χ4v) is 4.08. The van der Waals surface area contributed by atoms with Crippen molar-refractivity contribution in [1.82, 2.24) is 4.90 Å². The van der Waals surface area contributed by atoms with Gasteiger partial charge in [0, 0.05) is 18.6 Å². The lowest BCUT2D eigenvalue weighted by atomic mass is 10.0. The molecule has 1 aliphatic rings. The van der Waals surface area contributed by atoms with Gasteiger partial charge in [0.1, 0.15) is 10.4 Å². The molecule has 1 amide bonds. The van der Waals surface area contributed by atoms with E-state index >= 15 is 0 Å². The Labute approximate surface area is 169 Å². The van der Waals surface area contributed by atoms with E-state index in [9.17, 15) is 24.8 Å². The highest BCUT2D eigenvalue weighted by Gasteiger charge is 2.40. The number of rotatable bonds is 6. The van der Waals surface area contributed by atoms with Crippen LogP contribution in [0.1, 0.15) is 11.1 Å². The fraction of sp³-hybridized carbons (Fsp3) is 0.105. The first-order chi connectivity index (χ1) is 13.4. The highest BCUT2D eigenvalue weighted by Crippen LogP contribution is 2.35. The number of hydrogen-bond donors (Lipinski definition) is 1. The van der Waals surface area contributed by atoms with Crippen molar-refractivity contribution in [3.63, 3.8) is 0 Å². The lowest BCUT2D eigenvalue weighted by molar-refractivity contribution is -0.384. The van der Waals surface area contributed by atoms with Crippen LogP contribution in [0.2, 0.25) is 0 Å². The largest absolute Gasteiger partial charge is 0.480 e. The number of carboxylic acid groups (broad SMARTS) is 1. The molecule has 1 atom stereocenters. The third-order valence-electron chi connectivity index (χ3n) is 4.09. The fourth-order valence-electron chi connectivity index (χ4n) is 2.72. The minimum absolute atomic E-state index is 0.0569. The first-order valence-electron chi connectivity index (χ1n) is 8.15. The Morgan fingerprint density at radius 1 is 1.21 bits per heavy atom. The molecule has 1 aliphatic heterocycles. The predicted octanol–water partition coefficient (Wildman–Crippen LogP) is 3.49. The minimum Gasteiger partial charge on any atom is -0.480 e. The van der Waals surface area contributed by atoms with E-state index in [1.807, 2.05) is 6.07 Å². The van der Waals surface area contributed by atoms with Gasteiger partial charge in [0.25, 0.3) is 11.6 Å². The van der Waals surface area contributed by atoms with Crippen LogP contribution in [0.5, 0.6) is 0 Å². The van der Waals surface area contributed by atoms with Crippen LogP contribution >= 0.6 is 24.0 Å². The molecule has 0 bridgehead atoms. The number of thioether (sulfide) groups is 1. The summed E-state index contributed by atoms with van der Waals surface area (Å²) in [6.45, 7) is 0. The number of nitro groups is 1.